The Balaban J connectivity index is 2.34. The smallest absolute Gasteiger partial charge is 0.328 e. The number of carboxylic acid groups (broad SMARTS) is 1. The van der Waals surface area contributed by atoms with Crippen LogP contribution in [0.15, 0.2) is 0 Å². The lowest BCUT2D eigenvalue weighted by Crippen LogP contribution is -2.52. The lowest BCUT2D eigenvalue weighted by Gasteiger charge is -2.21. The molecule has 1 saturated heterocycles. The van der Waals surface area contributed by atoms with E-state index in [1.807, 2.05) is 7.05 Å². The summed E-state index contributed by atoms with van der Waals surface area (Å²) in [6.07, 6.45) is 0.994. The standard InChI is InChI=1S/C11H21N3O4/c1-7(15)9(10(16)17)13-11(18)12-6-8-4-3-5-14(8)2/h7-9,15H,3-6H2,1-2H3,(H,16,17)(H2,12,13,18)/t7-,8?,9+/m1/s1. The maximum absolute atomic E-state index is 11.5. The molecule has 1 fully saturated rings. The zero-order valence-electron chi connectivity index (χ0n) is 10.7. The predicted octanol–water partition coefficient (Wildman–Crippen LogP) is -0.786. The van der Waals surface area contributed by atoms with Crippen LogP contribution in [-0.4, -0.2) is 65.4 Å². The van der Waals surface area contributed by atoms with Crippen LogP contribution in [0.2, 0.25) is 0 Å². The van der Waals surface area contributed by atoms with E-state index in [0.29, 0.717) is 12.6 Å². The summed E-state index contributed by atoms with van der Waals surface area (Å²) in [7, 11) is 1.99. The first-order chi connectivity index (χ1) is 8.41. The van der Waals surface area contributed by atoms with Gasteiger partial charge in [-0.05, 0) is 33.4 Å². The number of carbonyl (C=O) groups excluding carboxylic acids is 1. The second kappa shape index (κ2) is 6.55. The zero-order valence-corrected chi connectivity index (χ0v) is 10.7. The average Bonchev–Trinajstić information content (AvgIpc) is 2.68. The number of carboxylic acids is 1. The molecule has 18 heavy (non-hydrogen) atoms. The highest BCUT2D eigenvalue weighted by Crippen LogP contribution is 2.13. The van der Waals surface area contributed by atoms with Crippen molar-refractivity contribution in [3.8, 4) is 0 Å². The van der Waals surface area contributed by atoms with Crippen molar-refractivity contribution in [2.75, 3.05) is 20.1 Å². The van der Waals surface area contributed by atoms with Gasteiger partial charge in [-0.15, -0.1) is 0 Å². The average molecular weight is 259 g/mol. The van der Waals surface area contributed by atoms with E-state index in [4.69, 9.17) is 5.11 Å². The number of aliphatic hydroxyl groups excluding tert-OH is 1. The van der Waals surface area contributed by atoms with Crippen LogP contribution in [0.1, 0.15) is 19.8 Å². The summed E-state index contributed by atoms with van der Waals surface area (Å²) in [5, 5.41) is 22.9. The molecule has 1 rings (SSSR count). The number of hydrogen-bond acceptors (Lipinski definition) is 4. The minimum absolute atomic E-state index is 0.297. The van der Waals surface area contributed by atoms with Crippen LogP contribution >= 0.6 is 0 Å². The SMILES string of the molecule is C[C@@H](O)[C@H](NC(=O)NCC1CCCN1C)C(=O)O. The molecule has 1 aliphatic rings. The van der Waals surface area contributed by atoms with Crippen molar-refractivity contribution in [3.05, 3.63) is 0 Å². The first-order valence-electron chi connectivity index (χ1n) is 6.07. The molecule has 0 aromatic carbocycles. The van der Waals surface area contributed by atoms with Gasteiger partial charge < -0.3 is 25.7 Å². The highest BCUT2D eigenvalue weighted by Gasteiger charge is 2.26. The van der Waals surface area contributed by atoms with Gasteiger partial charge in [0.05, 0.1) is 6.10 Å². The third kappa shape index (κ3) is 4.15. The summed E-state index contributed by atoms with van der Waals surface area (Å²) >= 11 is 0. The van der Waals surface area contributed by atoms with Crippen molar-refractivity contribution in [2.45, 2.75) is 38.0 Å². The summed E-state index contributed by atoms with van der Waals surface area (Å²) in [6.45, 7) is 2.82. The van der Waals surface area contributed by atoms with E-state index in [9.17, 15) is 14.7 Å². The summed E-state index contributed by atoms with van der Waals surface area (Å²) < 4.78 is 0. The van der Waals surface area contributed by atoms with E-state index in [-0.39, 0.29) is 0 Å². The Labute approximate surface area is 106 Å². The molecule has 104 valence electrons. The van der Waals surface area contributed by atoms with E-state index < -0.39 is 24.1 Å². The molecule has 1 unspecified atom stereocenters. The molecule has 3 atom stereocenters. The number of carbonyl (C=O) groups is 2. The van der Waals surface area contributed by atoms with Crippen molar-refractivity contribution in [3.63, 3.8) is 0 Å². The normalized spacial score (nSPS) is 23.4. The van der Waals surface area contributed by atoms with Crippen molar-refractivity contribution >= 4 is 12.0 Å². The van der Waals surface area contributed by atoms with E-state index in [2.05, 4.69) is 15.5 Å². The van der Waals surface area contributed by atoms with Crippen molar-refractivity contribution in [2.24, 2.45) is 0 Å². The fraction of sp³-hybridized carbons (Fsp3) is 0.818. The van der Waals surface area contributed by atoms with Gasteiger partial charge in [-0.2, -0.15) is 0 Å². The first kappa shape index (κ1) is 14.7. The molecule has 4 N–H and O–H groups in total. The summed E-state index contributed by atoms with van der Waals surface area (Å²) in [4.78, 5) is 24.4. The predicted molar refractivity (Wildman–Crippen MR) is 65.3 cm³/mol. The molecule has 7 heteroatoms. The number of aliphatic hydroxyl groups is 1. The Morgan fingerprint density at radius 3 is 2.61 bits per heavy atom. The van der Waals surface area contributed by atoms with Crippen LogP contribution in [0.5, 0.6) is 0 Å². The lowest BCUT2D eigenvalue weighted by atomic mass is 10.2. The molecule has 1 aliphatic heterocycles. The quantitative estimate of drug-likeness (QED) is 0.518. The van der Waals surface area contributed by atoms with Gasteiger partial charge in [-0.1, -0.05) is 0 Å². The zero-order chi connectivity index (χ0) is 13.7. The van der Waals surface area contributed by atoms with Crippen LogP contribution in [-0.2, 0) is 4.79 Å². The van der Waals surface area contributed by atoms with Gasteiger partial charge in [0, 0.05) is 12.6 Å². The highest BCUT2D eigenvalue weighted by atomic mass is 16.4. The molecule has 0 aromatic heterocycles. The molecule has 1 heterocycles. The molecule has 7 nitrogen and oxygen atoms in total. The number of amides is 2. The van der Waals surface area contributed by atoms with E-state index in [1.165, 1.54) is 6.92 Å². The molecule has 0 spiro atoms. The van der Waals surface area contributed by atoms with Gasteiger partial charge >= 0.3 is 12.0 Å². The van der Waals surface area contributed by atoms with Gasteiger partial charge in [0.15, 0.2) is 6.04 Å². The summed E-state index contributed by atoms with van der Waals surface area (Å²) in [6, 6.07) is -1.56. The molecule has 0 bridgehead atoms. The van der Waals surface area contributed by atoms with Crippen LogP contribution < -0.4 is 10.6 Å². The Hall–Kier alpha value is -1.34. The van der Waals surface area contributed by atoms with E-state index >= 15 is 0 Å². The largest absolute Gasteiger partial charge is 0.480 e. The van der Waals surface area contributed by atoms with E-state index in [1.54, 1.807) is 0 Å². The van der Waals surface area contributed by atoms with Gasteiger partial charge in [-0.25, -0.2) is 9.59 Å². The van der Waals surface area contributed by atoms with Crippen molar-refractivity contribution < 1.29 is 19.8 Å². The van der Waals surface area contributed by atoms with Gasteiger partial charge in [-0.3, -0.25) is 0 Å². The third-order valence-corrected chi connectivity index (χ3v) is 3.20. The van der Waals surface area contributed by atoms with E-state index in [0.717, 1.165) is 19.4 Å². The van der Waals surface area contributed by atoms with Crippen molar-refractivity contribution in [1.29, 1.82) is 0 Å². The first-order valence-corrected chi connectivity index (χ1v) is 6.07. The van der Waals surface area contributed by atoms with Gasteiger partial charge in [0.1, 0.15) is 0 Å². The number of rotatable bonds is 5. The van der Waals surface area contributed by atoms with Crippen molar-refractivity contribution in [1.82, 2.24) is 15.5 Å². The molecule has 0 aromatic rings. The van der Waals surface area contributed by atoms with Crippen LogP contribution in [0.3, 0.4) is 0 Å². The minimum Gasteiger partial charge on any atom is -0.480 e. The number of likely N-dealkylation sites (tertiary alicyclic amines) is 1. The number of hydrogen-bond donors (Lipinski definition) is 4. The monoisotopic (exact) mass is 259 g/mol. The second-order valence-electron chi connectivity index (χ2n) is 4.69. The number of nitrogens with zero attached hydrogens (tertiary/aromatic N) is 1. The minimum atomic E-state index is -1.29. The molecular weight excluding hydrogens is 238 g/mol. The molecule has 2 amide bonds. The molecule has 0 aliphatic carbocycles. The topological polar surface area (TPSA) is 102 Å². The van der Waals surface area contributed by atoms with Crippen LogP contribution in [0, 0.1) is 0 Å². The Kier molecular flexibility index (Phi) is 5.36. The summed E-state index contributed by atoms with van der Waals surface area (Å²) in [5.41, 5.74) is 0. The number of likely N-dealkylation sites (N-methyl/N-ethyl adjacent to an activating group) is 1. The molecule has 0 saturated carbocycles. The van der Waals surface area contributed by atoms with Gasteiger partial charge in [0.25, 0.3) is 0 Å². The Morgan fingerprint density at radius 2 is 2.17 bits per heavy atom. The Bertz CT molecular complexity index is 309. The number of aliphatic carboxylic acids is 1. The van der Waals surface area contributed by atoms with Crippen LogP contribution in [0.25, 0.3) is 0 Å². The third-order valence-electron chi connectivity index (χ3n) is 3.20. The fourth-order valence-electron chi connectivity index (χ4n) is 2.03. The van der Waals surface area contributed by atoms with Gasteiger partial charge in [0.2, 0.25) is 0 Å². The molecule has 0 radical (unpaired) electrons. The Morgan fingerprint density at radius 1 is 1.50 bits per heavy atom. The maximum Gasteiger partial charge on any atom is 0.328 e. The number of nitrogens with one attached hydrogen (secondary N) is 2. The summed E-state index contributed by atoms with van der Waals surface area (Å²) in [5.74, 6) is -1.25. The molecular formula is C11H21N3O4. The second-order valence-corrected chi connectivity index (χ2v) is 4.69. The fourth-order valence-corrected chi connectivity index (χ4v) is 2.03. The van der Waals surface area contributed by atoms with Crippen LogP contribution in [0.4, 0.5) is 4.79 Å². The highest BCUT2D eigenvalue weighted by molar-refractivity contribution is 5.82. The number of urea groups is 1. The maximum atomic E-state index is 11.5. The lowest BCUT2D eigenvalue weighted by molar-refractivity contribution is -0.141.